The number of piperidine rings is 1. The zero-order valence-electron chi connectivity index (χ0n) is 17.8. The lowest BCUT2D eigenvalue weighted by Crippen LogP contribution is -2.43. The summed E-state index contributed by atoms with van der Waals surface area (Å²) in [5.74, 6) is -0.217. The standard InChI is InChI=1S/C22H22ClFN4O4S/c1-27(14-20-25-21(26-32-20)15-2-4-17(23)5-3-15)22(29)16-10-12-28(13-11-16)33(30,31)19-8-6-18(24)7-9-19/h2-9,16H,10-14H2,1H3. The Morgan fingerprint density at radius 1 is 1.15 bits per heavy atom. The number of halogens is 2. The predicted molar refractivity (Wildman–Crippen MR) is 119 cm³/mol. The molecule has 1 aliphatic rings. The molecule has 2 heterocycles. The van der Waals surface area contributed by atoms with Crippen LogP contribution in [0, 0.1) is 11.7 Å². The molecule has 1 amide bonds. The van der Waals surface area contributed by atoms with Crippen LogP contribution in [-0.4, -0.2) is 53.8 Å². The Hall–Kier alpha value is -2.82. The van der Waals surface area contributed by atoms with Crippen LogP contribution in [0.4, 0.5) is 4.39 Å². The van der Waals surface area contributed by atoms with E-state index in [1.807, 2.05) is 0 Å². The van der Waals surface area contributed by atoms with Crippen LogP contribution in [0.1, 0.15) is 18.7 Å². The summed E-state index contributed by atoms with van der Waals surface area (Å²) in [6.45, 7) is 0.573. The van der Waals surface area contributed by atoms with E-state index in [4.69, 9.17) is 16.1 Å². The van der Waals surface area contributed by atoms with E-state index in [9.17, 15) is 17.6 Å². The third-order valence-electron chi connectivity index (χ3n) is 5.57. The van der Waals surface area contributed by atoms with Crippen LogP contribution in [0.15, 0.2) is 57.9 Å². The second-order valence-corrected chi connectivity index (χ2v) is 10.2. The minimum atomic E-state index is -3.72. The zero-order chi connectivity index (χ0) is 23.6. The minimum absolute atomic E-state index is 0.0404. The molecule has 0 atom stereocenters. The number of nitrogens with zero attached hydrogens (tertiary/aromatic N) is 4. The monoisotopic (exact) mass is 492 g/mol. The fraction of sp³-hybridized carbons (Fsp3) is 0.318. The summed E-state index contributed by atoms with van der Waals surface area (Å²) in [7, 11) is -2.07. The highest BCUT2D eigenvalue weighted by atomic mass is 35.5. The van der Waals surface area contributed by atoms with Gasteiger partial charge in [-0.2, -0.15) is 9.29 Å². The van der Waals surface area contributed by atoms with E-state index in [1.165, 1.54) is 21.3 Å². The van der Waals surface area contributed by atoms with Gasteiger partial charge >= 0.3 is 0 Å². The number of carbonyl (C=O) groups is 1. The lowest BCUT2D eigenvalue weighted by molar-refractivity contribution is -0.136. The number of aromatic nitrogens is 2. The molecule has 0 saturated carbocycles. The van der Waals surface area contributed by atoms with Crippen molar-refractivity contribution in [2.45, 2.75) is 24.3 Å². The zero-order valence-corrected chi connectivity index (χ0v) is 19.4. The molecule has 1 fully saturated rings. The van der Waals surface area contributed by atoms with Crippen molar-refractivity contribution in [2.75, 3.05) is 20.1 Å². The van der Waals surface area contributed by atoms with Gasteiger partial charge in [-0.1, -0.05) is 16.8 Å². The lowest BCUT2D eigenvalue weighted by Gasteiger charge is -2.32. The third-order valence-corrected chi connectivity index (χ3v) is 7.74. The van der Waals surface area contributed by atoms with Gasteiger partial charge < -0.3 is 9.42 Å². The van der Waals surface area contributed by atoms with Crippen molar-refractivity contribution in [3.63, 3.8) is 0 Å². The number of rotatable bonds is 6. The first-order valence-corrected chi connectivity index (χ1v) is 12.1. The van der Waals surface area contributed by atoms with Gasteiger partial charge in [0.05, 0.1) is 11.4 Å². The van der Waals surface area contributed by atoms with Crippen molar-refractivity contribution in [1.82, 2.24) is 19.3 Å². The molecular formula is C22H22ClFN4O4S. The van der Waals surface area contributed by atoms with Gasteiger partial charge in [0.25, 0.3) is 0 Å². The van der Waals surface area contributed by atoms with Crippen molar-refractivity contribution in [2.24, 2.45) is 5.92 Å². The molecule has 11 heteroatoms. The van der Waals surface area contributed by atoms with Crippen molar-refractivity contribution in [1.29, 1.82) is 0 Å². The second-order valence-electron chi connectivity index (χ2n) is 7.85. The predicted octanol–water partition coefficient (Wildman–Crippen LogP) is 3.59. The quantitative estimate of drug-likeness (QED) is 0.521. The molecule has 0 spiro atoms. The summed E-state index contributed by atoms with van der Waals surface area (Å²) >= 11 is 5.89. The Morgan fingerprint density at radius 3 is 2.42 bits per heavy atom. The number of amides is 1. The Kier molecular flexibility index (Phi) is 6.78. The Balaban J connectivity index is 1.34. The van der Waals surface area contributed by atoms with E-state index in [0.717, 1.165) is 17.7 Å². The smallest absolute Gasteiger partial charge is 0.246 e. The van der Waals surface area contributed by atoms with Crippen LogP contribution in [0.5, 0.6) is 0 Å². The molecule has 4 rings (SSSR count). The molecule has 0 N–H and O–H groups in total. The maximum Gasteiger partial charge on any atom is 0.246 e. The maximum atomic E-state index is 13.1. The third kappa shape index (κ3) is 5.23. The van der Waals surface area contributed by atoms with E-state index < -0.39 is 15.8 Å². The molecule has 0 bridgehead atoms. The summed E-state index contributed by atoms with van der Waals surface area (Å²) in [5.41, 5.74) is 0.748. The van der Waals surface area contributed by atoms with Gasteiger partial charge in [-0.15, -0.1) is 0 Å². The van der Waals surface area contributed by atoms with Gasteiger partial charge in [-0.3, -0.25) is 4.79 Å². The second kappa shape index (κ2) is 9.58. The summed E-state index contributed by atoms with van der Waals surface area (Å²) in [4.78, 5) is 18.8. The van der Waals surface area contributed by atoms with Gasteiger partial charge in [-0.05, 0) is 61.4 Å². The molecule has 0 unspecified atom stereocenters. The van der Waals surface area contributed by atoms with Gasteiger partial charge in [0, 0.05) is 36.6 Å². The van der Waals surface area contributed by atoms with Crippen LogP contribution in [-0.2, 0) is 21.4 Å². The van der Waals surface area contributed by atoms with Crippen LogP contribution in [0.3, 0.4) is 0 Å². The summed E-state index contributed by atoms with van der Waals surface area (Å²) in [5, 5.41) is 4.55. The number of hydrogen-bond donors (Lipinski definition) is 0. The normalized spacial score (nSPS) is 15.5. The van der Waals surface area contributed by atoms with Gasteiger partial charge in [0.15, 0.2) is 0 Å². The Morgan fingerprint density at radius 2 is 1.79 bits per heavy atom. The first-order chi connectivity index (χ1) is 15.7. The number of hydrogen-bond acceptors (Lipinski definition) is 6. The molecule has 0 aliphatic carbocycles. The van der Waals surface area contributed by atoms with Crippen molar-refractivity contribution in [3.8, 4) is 11.4 Å². The van der Waals surface area contributed by atoms with Crippen molar-refractivity contribution >= 4 is 27.5 Å². The minimum Gasteiger partial charge on any atom is -0.337 e. The van der Waals surface area contributed by atoms with E-state index in [-0.39, 0.29) is 36.4 Å². The lowest BCUT2D eigenvalue weighted by atomic mass is 9.97. The van der Waals surface area contributed by atoms with E-state index >= 15 is 0 Å². The molecule has 3 aromatic rings. The first kappa shape index (κ1) is 23.3. The van der Waals surface area contributed by atoms with Crippen molar-refractivity contribution < 1.29 is 22.1 Å². The molecule has 1 saturated heterocycles. The van der Waals surface area contributed by atoms with E-state index in [0.29, 0.717) is 29.6 Å². The Bertz CT molecular complexity index is 1220. The Labute approximate surface area is 196 Å². The average Bonchev–Trinajstić information content (AvgIpc) is 3.28. The number of carbonyl (C=O) groups excluding carboxylic acids is 1. The highest BCUT2D eigenvalue weighted by Crippen LogP contribution is 2.26. The van der Waals surface area contributed by atoms with Crippen LogP contribution >= 0.6 is 11.6 Å². The molecule has 0 radical (unpaired) electrons. The number of sulfonamides is 1. The van der Waals surface area contributed by atoms with Gasteiger partial charge in [-0.25, -0.2) is 12.8 Å². The topological polar surface area (TPSA) is 96.6 Å². The molecule has 33 heavy (non-hydrogen) atoms. The molecule has 174 valence electrons. The van der Waals surface area contributed by atoms with Crippen LogP contribution in [0.2, 0.25) is 5.02 Å². The van der Waals surface area contributed by atoms with Crippen molar-refractivity contribution in [3.05, 3.63) is 65.3 Å². The molecule has 1 aromatic heterocycles. The van der Waals surface area contributed by atoms with Crippen LogP contribution in [0.25, 0.3) is 11.4 Å². The molecular weight excluding hydrogens is 471 g/mol. The summed E-state index contributed by atoms with van der Waals surface area (Å²) < 4.78 is 45.3. The fourth-order valence-electron chi connectivity index (χ4n) is 3.73. The van der Waals surface area contributed by atoms with E-state index in [2.05, 4.69) is 10.1 Å². The van der Waals surface area contributed by atoms with Gasteiger partial charge in [0.1, 0.15) is 5.82 Å². The van der Waals surface area contributed by atoms with Crippen LogP contribution < -0.4 is 0 Å². The molecule has 2 aromatic carbocycles. The summed E-state index contributed by atoms with van der Waals surface area (Å²) in [6, 6.07) is 11.7. The van der Waals surface area contributed by atoms with E-state index in [1.54, 1.807) is 31.3 Å². The maximum absolute atomic E-state index is 13.1. The molecule has 8 nitrogen and oxygen atoms in total. The number of benzene rings is 2. The first-order valence-electron chi connectivity index (χ1n) is 10.3. The average molecular weight is 493 g/mol. The highest BCUT2D eigenvalue weighted by molar-refractivity contribution is 7.89. The SMILES string of the molecule is CN(Cc1nc(-c2ccc(Cl)cc2)no1)C(=O)C1CCN(S(=O)(=O)c2ccc(F)cc2)CC1. The fourth-order valence-corrected chi connectivity index (χ4v) is 5.32. The van der Waals surface area contributed by atoms with Gasteiger partial charge in [0.2, 0.25) is 27.6 Å². The molecule has 1 aliphatic heterocycles. The summed E-state index contributed by atoms with van der Waals surface area (Å²) in [6.07, 6.45) is 0.785. The largest absolute Gasteiger partial charge is 0.337 e. The highest BCUT2D eigenvalue weighted by Gasteiger charge is 2.33.